The Bertz CT molecular complexity index is 557. The summed E-state index contributed by atoms with van der Waals surface area (Å²) in [5.74, 6) is 1.43. The van der Waals surface area contributed by atoms with Gasteiger partial charge in [0.15, 0.2) is 0 Å². The Kier molecular flexibility index (Phi) is 4.07. The number of hydrogen-bond donors (Lipinski definition) is 3. The van der Waals surface area contributed by atoms with Crippen LogP contribution < -0.4 is 5.32 Å². The summed E-state index contributed by atoms with van der Waals surface area (Å²) in [4.78, 5) is 11.8. The molecule has 0 radical (unpaired) electrons. The number of aromatic amines is 1. The largest absolute Gasteiger partial charge is 0.391 e. The van der Waals surface area contributed by atoms with Crippen LogP contribution in [0.3, 0.4) is 0 Å². The first-order valence-electron chi connectivity index (χ1n) is 7.51. The summed E-state index contributed by atoms with van der Waals surface area (Å²) < 4.78 is 2.08. The number of rotatable bonds is 5. The van der Waals surface area contributed by atoms with Gasteiger partial charge in [-0.3, -0.25) is 0 Å². The molecule has 1 fully saturated rings. The fourth-order valence-electron chi connectivity index (χ4n) is 3.11. The molecule has 0 aromatic carbocycles. The second-order valence-corrected chi connectivity index (χ2v) is 6.05. The number of H-pyrrole nitrogens is 1. The minimum atomic E-state index is -0.282. The predicted molar refractivity (Wildman–Crippen MR) is 79.6 cm³/mol. The first-order valence-corrected chi connectivity index (χ1v) is 7.51. The zero-order valence-corrected chi connectivity index (χ0v) is 12.6. The summed E-state index contributed by atoms with van der Waals surface area (Å²) in [7, 11) is 0. The van der Waals surface area contributed by atoms with E-state index in [-0.39, 0.29) is 12.1 Å². The van der Waals surface area contributed by atoms with E-state index in [0.717, 1.165) is 36.6 Å². The van der Waals surface area contributed by atoms with Gasteiger partial charge in [-0.2, -0.15) is 0 Å². The van der Waals surface area contributed by atoms with Crippen molar-refractivity contribution < 1.29 is 5.11 Å². The van der Waals surface area contributed by atoms with Crippen LogP contribution in [0.4, 0.5) is 0 Å². The third-order valence-electron chi connectivity index (χ3n) is 4.36. The van der Waals surface area contributed by atoms with Gasteiger partial charge in [0, 0.05) is 30.7 Å². The monoisotopic (exact) mass is 289 g/mol. The first-order chi connectivity index (χ1) is 10.1. The van der Waals surface area contributed by atoms with Crippen molar-refractivity contribution in [3.05, 3.63) is 35.9 Å². The van der Waals surface area contributed by atoms with Gasteiger partial charge in [0.05, 0.1) is 24.7 Å². The number of aliphatic hydroxyl groups is 1. The Morgan fingerprint density at radius 1 is 1.43 bits per heavy atom. The predicted octanol–water partition coefficient (Wildman–Crippen LogP) is 1.15. The Morgan fingerprint density at radius 2 is 2.29 bits per heavy atom. The molecule has 1 unspecified atom stereocenters. The molecule has 0 spiro atoms. The summed E-state index contributed by atoms with van der Waals surface area (Å²) in [6, 6.07) is 0.143. The Hall–Kier alpha value is -1.66. The average molecular weight is 289 g/mol. The van der Waals surface area contributed by atoms with Gasteiger partial charge in [-0.25, -0.2) is 9.97 Å². The van der Waals surface area contributed by atoms with Gasteiger partial charge in [0.2, 0.25) is 0 Å². The molecule has 3 atom stereocenters. The topological polar surface area (TPSA) is 78.8 Å². The molecule has 2 aromatic rings. The van der Waals surface area contributed by atoms with E-state index in [1.807, 2.05) is 26.4 Å². The van der Waals surface area contributed by atoms with Crippen molar-refractivity contribution in [1.29, 1.82) is 0 Å². The summed E-state index contributed by atoms with van der Waals surface area (Å²) in [5, 5.41) is 13.6. The maximum atomic E-state index is 10.2. The zero-order valence-electron chi connectivity index (χ0n) is 12.6. The van der Waals surface area contributed by atoms with Crippen LogP contribution in [0.15, 0.2) is 18.7 Å². The minimum absolute atomic E-state index is 0.143. The maximum absolute atomic E-state index is 10.2. The van der Waals surface area contributed by atoms with E-state index in [1.165, 1.54) is 0 Å². The van der Waals surface area contributed by atoms with Crippen LogP contribution in [0, 0.1) is 19.8 Å². The van der Waals surface area contributed by atoms with Crippen LogP contribution in [0.1, 0.15) is 30.1 Å². The van der Waals surface area contributed by atoms with Gasteiger partial charge >= 0.3 is 0 Å². The quantitative estimate of drug-likeness (QED) is 0.771. The molecule has 0 amide bonds. The smallest absolute Gasteiger partial charge is 0.120 e. The number of nitrogens with zero attached hydrogens (tertiary/aromatic N) is 3. The molecule has 2 aromatic heterocycles. The third-order valence-corrected chi connectivity index (χ3v) is 4.36. The molecule has 1 saturated carbocycles. The number of aromatic nitrogens is 4. The third kappa shape index (κ3) is 3.33. The second-order valence-electron chi connectivity index (χ2n) is 6.05. The lowest BCUT2D eigenvalue weighted by atomic mass is 10.1. The number of nitrogens with one attached hydrogen (secondary N) is 2. The van der Waals surface area contributed by atoms with Crippen molar-refractivity contribution >= 4 is 0 Å². The van der Waals surface area contributed by atoms with Crippen LogP contribution >= 0.6 is 0 Å². The second kappa shape index (κ2) is 5.99. The average Bonchev–Trinajstić information content (AvgIpc) is 3.12. The lowest BCUT2D eigenvalue weighted by molar-refractivity contribution is 0.145. The highest BCUT2D eigenvalue weighted by Crippen LogP contribution is 2.27. The van der Waals surface area contributed by atoms with Crippen molar-refractivity contribution in [1.82, 2.24) is 24.8 Å². The molecular weight excluding hydrogens is 266 g/mol. The highest BCUT2D eigenvalue weighted by atomic mass is 16.3. The highest BCUT2D eigenvalue weighted by molar-refractivity contribution is 5.10. The fraction of sp³-hybridized carbons (Fsp3) is 0.600. The van der Waals surface area contributed by atoms with Gasteiger partial charge in [-0.05, 0) is 32.6 Å². The van der Waals surface area contributed by atoms with E-state index >= 15 is 0 Å². The molecule has 2 heterocycles. The van der Waals surface area contributed by atoms with E-state index in [4.69, 9.17) is 0 Å². The van der Waals surface area contributed by atoms with E-state index in [1.54, 1.807) is 6.20 Å². The van der Waals surface area contributed by atoms with Gasteiger partial charge in [0.25, 0.3) is 0 Å². The van der Waals surface area contributed by atoms with Crippen LogP contribution in [0.2, 0.25) is 0 Å². The first kappa shape index (κ1) is 14.3. The molecule has 0 saturated heterocycles. The molecular formula is C15H23N5O. The normalized spacial score (nSPS) is 25.6. The van der Waals surface area contributed by atoms with Gasteiger partial charge in [0.1, 0.15) is 5.82 Å². The molecule has 6 heteroatoms. The lowest BCUT2D eigenvalue weighted by Gasteiger charge is -2.15. The van der Waals surface area contributed by atoms with Crippen molar-refractivity contribution in [2.75, 3.05) is 0 Å². The Balaban J connectivity index is 1.52. The number of aliphatic hydroxyl groups excluding tert-OH is 1. The van der Waals surface area contributed by atoms with E-state index in [9.17, 15) is 5.11 Å². The lowest BCUT2D eigenvalue weighted by Crippen LogP contribution is -2.35. The number of hydrogen-bond acceptors (Lipinski definition) is 4. The van der Waals surface area contributed by atoms with Gasteiger partial charge in [-0.1, -0.05) is 0 Å². The minimum Gasteiger partial charge on any atom is -0.391 e. The Labute approximate surface area is 124 Å². The fourth-order valence-corrected chi connectivity index (χ4v) is 3.11. The van der Waals surface area contributed by atoms with E-state index in [2.05, 4.69) is 24.8 Å². The van der Waals surface area contributed by atoms with Crippen LogP contribution in [-0.4, -0.2) is 36.8 Å². The maximum Gasteiger partial charge on any atom is 0.120 e. The molecule has 1 aliphatic rings. The standard InChI is InChI=1S/C15H23N5O/c1-10-11(2)19-15(18-10)7-17-13-5-12(6-14(13)21)8-20-4-3-16-9-20/h3-4,9,12-14,17,21H,5-8H2,1-2H3,(H,18,19)/t12?,13-,14-/m1/s1. The van der Waals surface area contributed by atoms with Crippen LogP contribution in [0.25, 0.3) is 0 Å². The van der Waals surface area contributed by atoms with Crippen molar-refractivity contribution in [2.24, 2.45) is 5.92 Å². The SMILES string of the molecule is Cc1nc(CN[C@@H]2CC(Cn3ccnc3)C[C@H]2O)[nH]c1C. The summed E-state index contributed by atoms with van der Waals surface area (Å²) >= 11 is 0. The molecule has 114 valence electrons. The van der Waals surface area contributed by atoms with Crippen molar-refractivity contribution in [3.8, 4) is 0 Å². The number of imidazole rings is 2. The molecule has 0 bridgehead atoms. The molecule has 6 nitrogen and oxygen atoms in total. The molecule has 3 N–H and O–H groups in total. The van der Waals surface area contributed by atoms with E-state index < -0.39 is 0 Å². The van der Waals surface area contributed by atoms with E-state index in [0.29, 0.717) is 12.5 Å². The summed E-state index contributed by atoms with van der Waals surface area (Å²) in [6.07, 6.45) is 7.14. The summed E-state index contributed by atoms with van der Waals surface area (Å²) in [5.41, 5.74) is 2.15. The summed E-state index contributed by atoms with van der Waals surface area (Å²) in [6.45, 7) is 5.63. The van der Waals surface area contributed by atoms with Gasteiger partial charge < -0.3 is 20.0 Å². The molecule has 1 aliphatic carbocycles. The molecule has 3 rings (SSSR count). The van der Waals surface area contributed by atoms with Crippen LogP contribution in [-0.2, 0) is 13.1 Å². The Morgan fingerprint density at radius 3 is 2.95 bits per heavy atom. The highest BCUT2D eigenvalue weighted by Gasteiger charge is 2.32. The zero-order chi connectivity index (χ0) is 14.8. The van der Waals surface area contributed by atoms with Crippen LogP contribution in [0.5, 0.6) is 0 Å². The van der Waals surface area contributed by atoms with Crippen molar-refractivity contribution in [3.63, 3.8) is 0 Å². The molecule has 0 aliphatic heterocycles. The molecule has 21 heavy (non-hydrogen) atoms. The number of aryl methyl sites for hydroxylation is 2. The van der Waals surface area contributed by atoms with Crippen molar-refractivity contribution in [2.45, 2.75) is 51.9 Å². The van der Waals surface area contributed by atoms with Gasteiger partial charge in [-0.15, -0.1) is 0 Å².